The highest BCUT2D eigenvalue weighted by atomic mass is 32.2. The third-order valence-electron chi connectivity index (χ3n) is 3.96. The Kier molecular flexibility index (Phi) is 5.74. The van der Waals surface area contributed by atoms with Gasteiger partial charge in [0.05, 0.1) is 5.69 Å². The van der Waals surface area contributed by atoms with E-state index in [1.165, 1.54) is 16.0 Å². The van der Waals surface area contributed by atoms with Crippen LogP contribution in [0.25, 0.3) is 0 Å². The third-order valence-corrected chi connectivity index (χ3v) is 5.25. The molecule has 0 spiro atoms. The van der Waals surface area contributed by atoms with Gasteiger partial charge in [-0.2, -0.15) is 0 Å². The summed E-state index contributed by atoms with van der Waals surface area (Å²) in [6.45, 7) is 4.20. The Morgan fingerprint density at radius 3 is 2.20 bits per heavy atom. The van der Waals surface area contributed by atoms with Gasteiger partial charge in [-0.15, -0.1) is 0 Å². The minimum Gasteiger partial charge on any atom is -0.332 e. The fraction of sp³-hybridized carbons (Fsp3) is 0.0952. The molecule has 0 radical (unpaired) electrons. The molecular weight excluding hydrogens is 344 g/mol. The molecule has 0 amide bonds. The molecule has 0 aliphatic heterocycles. The molecule has 0 bridgehead atoms. The quantitative estimate of drug-likeness (QED) is 0.533. The lowest BCUT2D eigenvalue weighted by Crippen LogP contribution is -2.20. The van der Waals surface area contributed by atoms with Gasteiger partial charge >= 0.3 is 0 Å². The molecule has 0 aliphatic carbocycles. The van der Waals surface area contributed by atoms with Crippen LogP contribution in [-0.4, -0.2) is 5.11 Å². The SMILES string of the molecule is Cc1cccc(NC(=S)Nc2ccccc2Sc2ccccc2)c1C. The van der Waals surface area contributed by atoms with Crippen molar-refractivity contribution in [3.05, 3.63) is 83.9 Å². The number of aryl methyl sites for hydroxylation is 1. The van der Waals surface area contributed by atoms with Crippen LogP contribution in [0.4, 0.5) is 11.4 Å². The van der Waals surface area contributed by atoms with Gasteiger partial charge < -0.3 is 10.6 Å². The molecule has 0 aliphatic rings. The smallest absolute Gasteiger partial charge is 0.175 e. The zero-order valence-corrected chi connectivity index (χ0v) is 15.9. The van der Waals surface area contributed by atoms with Gasteiger partial charge in [-0.1, -0.05) is 54.2 Å². The predicted octanol–water partition coefficient (Wildman–Crippen LogP) is 6.26. The molecule has 0 saturated heterocycles. The summed E-state index contributed by atoms with van der Waals surface area (Å²) in [5.41, 5.74) is 4.48. The van der Waals surface area contributed by atoms with Gasteiger partial charge in [-0.25, -0.2) is 0 Å². The summed E-state index contributed by atoms with van der Waals surface area (Å²) in [6.07, 6.45) is 0. The Morgan fingerprint density at radius 1 is 0.760 bits per heavy atom. The van der Waals surface area contributed by atoms with Gasteiger partial charge in [-0.3, -0.25) is 0 Å². The first kappa shape index (κ1) is 17.5. The van der Waals surface area contributed by atoms with Crippen LogP contribution in [0.1, 0.15) is 11.1 Å². The number of nitrogens with one attached hydrogen (secondary N) is 2. The molecule has 3 aromatic rings. The van der Waals surface area contributed by atoms with E-state index in [1.54, 1.807) is 11.8 Å². The molecule has 3 rings (SSSR count). The zero-order valence-electron chi connectivity index (χ0n) is 14.2. The summed E-state index contributed by atoms with van der Waals surface area (Å²) in [5, 5.41) is 7.22. The van der Waals surface area contributed by atoms with Crippen molar-refractivity contribution in [1.82, 2.24) is 0 Å². The van der Waals surface area contributed by atoms with Crippen molar-refractivity contribution < 1.29 is 0 Å². The van der Waals surface area contributed by atoms with E-state index in [0.29, 0.717) is 5.11 Å². The maximum absolute atomic E-state index is 5.51. The van der Waals surface area contributed by atoms with Gasteiger partial charge in [0.15, 0.2) is 5.11 Å². The Labute approximate surface area is 158 Å². The highest BCUT2D eigenvalue weighted by Gasteiger charge is 2.07. The summed E-state index contributed by atoms with van der Waals surface area (Å²) in [6, 6.07) is 24.7. The van der Waals surface area contributed by atoms with E-state index in [1.807, 2.05) is 48.5 Å². The van der Waals surface area contributed by atoms with Gasteiger partial charge in [0.1, 0.15) is 0 Å². The number of anilines is 2. The van der Waals surface area contributed by atoms with Crippen molar-refractivity contribution in [1.29, 1.82) is 0 Å². The number of rotatable bonds is 4. The number of thiocarbonyl (C=S) groups is 1. The van der Waals surface area contributed by atoms with Gasteiger partial charge in [0.2, 0.25) is 0 Å². The molecule has 25 heavy (non-hydrogen) atoms. The molecule has 2 N–H and O–H groups in total. The molecule has 0 heterocycles. The number of hydrogen-bond acceptors (Lipinski definition) is 2. The maximum Gasteiger partial charge on any atom is 0.175 e. The van der Waals surface area contributed by atoms with Crippen LogP contribution in [0.5, 0.6) is 0 Å². The first-order chi connectivity index (χ1) is 12.1. The van der Waals surface area contributed by atoms with Crippen molar-refractivity contribution >= 4 is 40.5 Å². The second kappa shape index (κ2) is 8.19. The molecule has 4 heteroatoms. The molecular formula is C21H20N2S2. The molecule has 0 fully saturated rings. The van der Waals surface area contributed by atoms with Gasteiger partial charge in [0.25, 0.3) is 0 Å². The summed E-state index contributed by atoms with van der Waals surface area (Å²) in [4.78, 5) is 2.34. The average molecular weight is 365 g/mol. The molecule has 0 unspecified atom stereocenters. The molecule has 0 atom stereocenters. The zero-order chi connectivity index (χ0) is 17.6. The molecule has 0 aromatic heterocycles. The lowest BCUT2D eigenvalue weighted by Gasteiger charge is -2.16. The molecule has 3 aromatic carbocycles. The second-order valence-corrected chi connectivity index (χ2v) is 7.26. The van der Waals surface area contributed by atoms with Crippen molar-refractivity contribution in [2.45, 2.75) is 23.6 Å². The van der Waals surface area contributed by atoms with Crippen LogP contribution >= 0.6 is 24.0 Å². The van der Waals surface area contributed by atoms with E-state index in [0.717, 1.165) is 16.3 Å². The van der Waals surface area contributed by atoms with E-state index in [2.05, 4.69) is 48.7 Å². The molecule has 126 valence electrons. The summed E-state index contributed by atoms with van der Waals surface area (Å²) in [7, 11) is 0. The Balaban J connectivity index is 1.74. The monoisotopic (exact) mass is 364 g/mol. The van der Waals surface area contributed by atoms with Gasteiger partial charge in [-0.05, 0) is 67.5 Å². The number of benzene rings is 3. The minimum absolute atomic E-state index is 0.592. The first-order valence-corrected chi connectivity index (χ1v) is 9.32. The summed E-state index contributed by atoms with van der Waals surface area (Å²) in [5.74, 6) is 0. The normalized spacial score (nSPS) is 10.3. The predicted molar refractivity (Wildman–Crippen MR) is 113 cm³/mol. The third kappa shape index (κ3) is 4.62. The highest BCUT2D eigenvalue weighted by Crippen LogP contribution is 2.33. The minimum atomic E-state index is 0.592. The average Bonchev–Trinajstić information content (AvgIpc) is 2.62. The van der Waals surface area contributed by atoms with E-state index in [9.17, 15) is 0 Å². The highest BCUT2D eigenvalue weighted by molar-refractivity contribution is 7.99. The molecule has 0 saturated carbocycles. The van der Waals surface area contributed by atoms with E-state index in [4.69, 9.17) is 12.2 Å². The van der Waals surface area contributed by atoms with Crippen molar-refractivity contribution in [2.24, 2.45) is 0 Å². The van der Waals surface area contributed by atoms with Crippen LogP contribution in [0.2, 0.25) is 0 Å². The molecule has 2 nitrogen and oxygen atoms in total. The first-order valence-electron chi connectivity index (χ1n) is 8.09. The van der Waals surface area contributed by atoms with Crippen LogP contribution in [0.3, 0.4) is 0 Å². The van der Waals surface area contributed by atoms with Gasteiger partial charge in [0, 0.05) is 15.5 Å². The standard InChI is InChI=1S/C21H20N2S2/c1-15-9-8-13-18(16(15)2)22-21(24)23-19-12-6-7-14-20(19)25-17-10-4-3-5-11-17/h3-14H,1-2H3,(H2,22,23,24). The van der Waals surface area contributed by atoms with E-state index in [-0.39, 0.29) is 0 Å². The van der Waals surface area contributed by atoms with Crippen LogP contribution < -0.4 is 10.6 Å². The van der Waals surface area contributed by atoms with Crippen molar-refractivity contribution in [2.75, 3.05) is 10.6 Å². The largest absolute Gasteiger partial charge is 0.332 e. The van der Waals surface area contributed by atoms with Crippen molar-refractivity contribution in [3.63, 3.8) is 0 Å². The lowest BCUT2D eigenvalue weighted by atomic mass is 10.1. The topological polar surface area (TPSA) is 24.1 Å². The summed E-state index contributed by atoms with van der Waals surface area (Å²) < 4.78 is 0. The lowest BCUT2D eigenvalue weighted by molar-refractivity contribution is 1.34. The van der Waals surface area contributed by atoms with Crippen molar-refractivity contribution in [3.8, 4) is 0 Å². The fourth-order valence-electron chi connectivity index (χ4n) is 2.44. The second-order valence-electron chi connectivity index (χ2n) is 5.74. The Bertz CT molecular complexity index is 876. The Morgan fingerprint density at radius 2 is 1.40 bits per heavy atom. The maximum atomic E-state index is 5.51. The van der Waals surface area contributed by atoms with E-state index < -0.39 is 0 Å². The Hall–Kier alpha value is -2.30. The van der Waals surface area contributed by atoms with E-state index >= 15 is 0 Å². The summed E-state index contributed by atoms with van der Waals surface area (Å²) >= 11 is 7.23. The number of hydrogen-bond donors (Lipinski definition) is 2. The van der Waals surface area contributed by atoms with Crippen LogP contribution in [0.15, 0.2) is 82.6 Å². The van der Waals surface area contributed by atoms with Crippen LogP contribution in [0, 0.1) is 13.8 Å². The number of para-hydroxylation sites is 1. The fourth-order valence-corrected chi connectivity index (χ4v) is 3.58. The van der Waals surface area contributed by atoms with Crippen LogP contribution in [-0.2, 0) is 0 Å².